The molecule has 0 radical (unpaired) electrons. The van der Waals surface area contributed by atoms with Crippen LogP contribution < -0.4 is 5.32 Å². The van der Waals surface area contributed by atoms with Crippen molar-refractivity contribution in [2.24, 2.45) is 0 Å². The zero-order valence-corrected chi connectivity index (χ0v) is 12.4. The Morgan fingerprint density at radius 2 is 2.15 bits per heavy atom. The van der Waals surface area contributed by atoms with Crippen LogP contribution in [-0.4, -0.2) is 37.1 Å². The summed E-state index contributed by atoms with van der Waals surface area (Å²) in [6, 6.07) is 7.36. The van der Waals surface area contributed by atoms with Crippen LogP contribution in [-0.2, 0) is 16.1 Å². The van der Waals surface area contributed by atoms with E-state index in [2.05, 4.69) is 5.32 Å². The Balaban J connectivity index is 2.34. The number of halogens is 1. The van der Waals surface area contributed by atoms with Crippen molar-refractivity contribution in [2.75, 3.05) is 20.2 Å². The third-order valence-electron chi connectivity index (χ3n) is 2.62. The van der Waals surface area contributed by atoms with E-state index in [-0.39, 0.29) is 18.9 Å². The molecular formula is C14H19ClN2O3. The van der Waals surface area contributed by atoms with Gasteiger partial charge in [-0.2, -0.15) is 0 Å². The number of nitrogens with one attached hydrogen (secondary N) is 1. The Morgan fingerprint density at radius 1 is 1.40 bits per heavy atom. The highest BCUT2D eigenvalue weighted by atomic mass is 35.5. The van der Waals surface area contributed by atoms with Crippen LogP contribution in [0.15, 0.2) is 24.3 Å². The predicted molar refractivity (Wildman–Crippen MR) is 77.6 cm³/mol. The maximum absolute atomic E-state index is 11.9. The largest absolute Gasteiger partial charge is 0.450 e. The zero-order valence-electron chi connectivity index (χ0n) is 11.7. The van der Waals surface area contributed by atoms with Gasteiger partial charge in [0.1, 0.15) is 0 Å². The van der Waals surface area contributed by atoms with E-state index in [4.69, 9.17) is 16.3 Å². The van der Waals surface area contributed by atoms with Crippen molar-refractivity contribution < 1.29 is 14.3 Å². The van der Waals surface area contributed by atoms with Gasteiger partial charge in [0.05, 0.1) is 6.61 Å². The smallest absolute Gasteiger partial charge is 0.407 e. The maximum atomic E-state index is 11.9. The van der Waals surface area contributed by atoms with Crippen molar-refractivity contribution in [2.45, 2.75) is 19.9 Å². The van der Waals surface area contributed by atoms with Gasteiger partial charge in [-0.05, 0) is 24.6 Å². The van der Waals surface area contributed by atoms with Crippen LogP contribution in [0.2, 0.25) is 5.02 Å². The van der Waals surface area contributed by atoms with E-state index in [9.17, 15) is 9.59 Å². The molecule has 0 bridgehead atoms. The van der Waals surface area contributed by atoms with Gasteiger partial charge in [-0.25, -0.2) is 4.79 Å². The Kier molecular flexibility index (Phi) is 6.87. The van der Waals surface area contributed by atoms with Crippen LogP contribution in [0.1, 0.15) is 18.9 Å². The monoisotopic (exact) mass is 298 g/mol. The number of carbonyl (C=O) groups is 2. The van der Waals surface area contributed by atoms with Gasteiger partial charge in [-0.1, -0.05) is 23.7 Å². The Hall–Kier alpha value is -1.75. The SMILES string of the molecule is CCOC(=O)NCCC(=O)N(C)Cc1cccc(Cl)c1. The van der Waals surface area contributed by atoms with E-state index >= 15 is 0 Å². The lowest BCUT2D eigenvalue weighted by atomic mass is 10.2. The lowest BCUT2D eigenvalue weighted by molar-refractivity contribution is -0.130. The number of benzene rings is 1. The topological polar surface area (TPSA) is 58.6 Å². The number of carbonyl (C=O) groups excluding carboxylic acids is 2. The van der Waals surface area contributed by atoms with Crippen molar-refractivity contribution in [3.63, 3.8) is 0 Å². The van der Waals surface area contributed by atoms with Crippen molar-refractivity contribution >= 4 is 23.6 Å². The number of rotatable bonds is 6. The highest BCUT2D eigenvalue weighted by Gasteiger charge is 2.10. The van der Waals surface area contributed by atoms with Crippen LogP contribution in [0.3, 0.4) is 0 Å². The Labute approximate surface area is 123 Å². The van der Waals surface area contributed by atoms with Crippen LogP contribution in [0.4, 0.5) is 4.79 Å². The van der Waals surface area contributed by atoms with Crippen molar-refractivity contribution in [1.29, 1.82) is 0 Å². The summed E-state index contributed by atoms with van der Waals surface area (Å²) in [6.45, 7) is 2.79. The number of hydrogen-bond acceptors (Lipinski definition) is 3. The highest BCUT2D eigenvalue weighted by Crippen LogP contribution is 2.12. The molecule has 0 saturated carbocycles. The quantitative estimate of drug-likeness (QED) is 0.877. The number of ether oxygens (including phenoxy) is 1. The Bertz CT molecular complexity index is 465. The van der Waals surface area contributed by atoms with Crippen LogP contribution >= 0.6 is 11.6 Å². The normalized spacial score (nSPS) is 9.95. The first kappa shape index (κ1) is 16.3. The fourth-order valence-electron chi connectivity index (χ4n) is 1.64. The molecule has 0 aromatic heterocycles. The molecule has 0 saturated heterocycles. The van der Waals surface area contributed by atoms with E-state index in [0.29, 0.717) is 18.2 Å². The molecule has 0 spiro atoms. The molecule has 0 aliphatic carbocycles. The molecule has 0 aliphatic heterocycles. The van der Waals surface area contributed by atoms with Gasteiger partial charge in [-0.15, -0.1) is 0 Å². The summed E-state index contributed by atoms with van der Waals surface area (Å²) in [5.74, 6) is -0.0539. The van der Waals surface area contributed by atoms with E-state index in [1.807, 2.05) is 18.2 Å². The van der Waals surface area contributed by atoms with Gasteiger partial charge in [0.25, 0.3) is 0 Å². The first-order valence-electron chi connectivity index (χ1n) is 6.42. The molecule has 5 nitrogen and oxygen atoms in total. The standard InChI is InChI=1S/C14H19ClN2O3/c1-3-20-14(19)16-8-7-13(18)17(2)10-11-5-4-6-12(15)9-11/h4-6,9H,3,7-8,10H2,1-2H3,(H,16,19). The first-order valence-corrected chi connectivity index (χ1v) is 6.79. The number of hydrogen-bond donors (Lipinski definition) is 1. The third-order valence-corrected chi connectivity index (χ3v) is 2.85. The molecule has 110 valence electrons. The minimum atomic E-state index is -0.502. The van der Waals surface area contributed by atoms with E-state index < -0.39 is 6.09 Å². The predicted octanol–water partition coefficient (Wildman–Crippen LogP) is 2.43. The molecule has 1 aromatic carbocycles. The summed E-state index contributed by atoms with van der Waals surface area (Å²) in [7, 11) is 1.72. The van der Waals surface area contributed by atoms with Crippen LogP contribution in [0.25, 0.3) is 0 Å². The average molecular weight is 299 g/mol. The minimum Gasteiger partial charge on any atom is -0.450 e. The first-order chi connectivity index (χ1) is 9.52. The van der Waals surface area contributed by atoms with Crippen LogP contribution in [0.5, 0.6) is 0 Å². The van der Waals surface area contributed by atoms with Crippen molar-refractivity contribution in [3.8, 4) is 0 Å². The number of alkyl carbamates (subject to hydrolysis) is 1. The fraction of sp³-hybridized carbons (Fsp3) is 0.429. The van der Waals surface area contributed by atoms with Gasteiger partial charge < -0.3 is 15.0 Å². The van der Waals surface area contributed by atoms with E-state index in [1.165, 1.54) is 0 Å². The van der Waals surface area contributed by atoms with Gasteiger partial charge in [-0.3, -0.25) is 4.79 Å². The Morgan fingerprint density at radius 3 is 2.80 bits per heavy atom. The summed E-state index contributed by atoms with van der Waals surface area (Å²) >= 11 is 5.89. The average Bonchev–Trinajstić information content (AvgIpc) is 2.38. The third kappa shape index (κ3) is 5.93. The summed E-state index contributed by atoms with van der Waals surface area (Å²) in [6.07, 6.45) is -0.270. The molecule has 0 atom stereocenters. The van der Waals surface area contributed by atoms with Crippen LogP contribution in [0, 0.1) is 0 Å². The molecule has 20 heavy (non-hydrogen) atoms. The van der Waals surface area contributed by atoms with Gasteiger partial charge >= 0.3 is 6.09 Å². The van der Waals surface area contributed by atoms with E-state index in [0.717, 1.165) is 5.56 Å². The maximum Gasteiger partial charge on any atom is 0.407 e. The van der Waals surface area contributed by atoms with Crippen molar-refractivity contribution in [3.05, 3.63) is 34.9 Å². The molecule has 0 aliphatic rings. The number of amides is 2. The second-order valence-corrected chi connectivity index (χ2v) is 4.71. The molecule has 0 heterocycles. The van der Waals surface area contributed by atoms with Gasteiger partial charge in [0, 0.05) is 31.6 Å². The molecule has 0 fully saturated rings. The molecule has 6 heteroatoms. The lowest BCUT2D eigenvalue weighted by Gasteiger charge is -2.17. The van der Waals surface area contributed by atoms with Gasteiger partial charge in [0.2, 0.25) is 5.91 Å². The second-order valence-electron chi connectivity index (χ2n) is 4.28. The molecule has 2 amide bonds. The lowest BCUT2D eigenvalue weighted by Crippen LogP contribution is -2.32. The van der Waals surface area contributed by atoms with Gasteiger partial charge in [0.15, 0.2) is 0 Å². The summed E-state index contributed by atoms with van der Waals surface area (Å²) < 4.78 is 4.70. The highest BCUT2D eigenvalue weighted by molar-refractivity contribution is 6.30. The van der Waals surface area contributed by atoms with Crippen molar-refractivity contribution in [1.82, 2.24) is 10.2 Å². The molecule has 1 aromatic rings. The second kappa shape index (κ2) is 8.43. The number of nitrogens with zero attached hydrogens (tertiary/aromatic N) is 1. The fourth-order valence-corrected chi connectivity index (χ4v) is 1.85. The minimum absolute atomic E-state index is 0.0539. The molecule has 1 N–H and O–H groups in total. The zero-order chi connectivity index (χ0) is 15.0. The molecular weight excluding hydrogens is 280 g/mol. The summed E-state index contributed by atoms with van der Waals surface area (Å²) in [5.41, 5.74) is 0.965. The molecule has 0 unspecified atom stereocenters. The summed E-state index contributed by atoms with van der Waals surface area (Å²) in [5, 5.41) is 3.16. The molecule has 1 rings (SSSR count). The van der Waals surface area contributed by atoms with E-state index in [1.54, 1.807) is 24.9 Å². The summed E-state index contributed by atoms with van der Waals surface area (Å²) in [4.78, 5) is 24.5.